The van der Waals surface area contributed by atoms with Crippen LogP contribution in [0.5, 0.6) is 0 Å². The van der Waals surface area contributed by atoms with Crippen molar-refractivity contribution in [1.29, 1.82) is 0 Å². The third-order valence-electron chi connectivity index (χ3n) is 3.25. The molecule has 9 heteroatoms. The van der Waals surface area contributed by atoms with E-state index in [4.69, 9.17) is 13.3 Å². The lowest BCUT2D eigenvalue weighted by atomic mass is 10.1. The van der Waals surface area contributed by atoms with Crippen molar-refractivity contribution in [1.82, 2.24) is 30.6 Å². The van der Waals surface area contributed by atoms with Crippen LogP contribution in [0.3, 0.4) is 0 Å². The zero-order valence-electron chi connectivity index (χ0n) is 15.1. The zero-order chi connectivity index (χ0) is 18.7. The second kappa shape index (κ2) is 7.26. The molecule has 4 aromatic rings. The van der Waals surface area contributed by atoms with Crippen molar-refractivity contribution in [3.8, 4) is 34.4 Å². The highest BCUT2D eigenvalue weighted by Crippen LogP contribution is 2.31. The maximum atomic E-state index is 5.51. The van der Waals surface area contributed by atoms with Crippen LogP contribution in [0.2, 0.25) is 0 Å². The van der Waals surface area contributed by atoms with Crippen LogP contribution in [0.4, 0.5) is 0 Å². The molecule has 0 unspecified atom stereocenters. The first kappa shape index (κ1) is 17.5. The van der Waals surface area contributed by atoms with E-state index in [9.17, 15) is 0 Å². The van der Waals surface area contributed by atoms with E-state index in [1.54, 1.807) is 20.8 Å². The van der Waals surface area contributed by atoms with Gasteiger partial charge in [0.2, 0.25) is 35.3 Å². The monoisotopic (exact) mass is 354 g/mol. The van der Waals surface area contributed by atoms with Crippen molar-refractivity contribution in [3.05, 3.63) is 35.9 Å². The van der Waals surface area contributed by atoms with E-state index in [2.05, 4.69) is 30.6 Å². The zero-order valence-corrected chi connectivity index (χ0v) is 15.1. The van der Waals surface area contributed by atoms with Crippen molar-refractivity contribution >= 4 is 0 Å². The number of rotatable bonds is 3. The topological polar surface area (TPSA) is 117 Å². The van der Waals surface area contributed by atoms with Crippen LogP contribution in [-0.2, 0) is 0 Å². The van der Waals surface area contributed by atoms with Crippen LogP contribution < -0.4 is 0 Å². The van der Waals surface area contributed by atoms with Gasteiger partial charge in [0.05, 0.1) is 0 Å². The molecular weight excluding hydrogens is 336 g/mol. The van der Waals surface area contributed by atoms with E-state index >= 15 is 0 Å². The van der Waals surface area contributed by atoms with E-state index in [0.29, 0.717) is 52.0 Å². The Bertz CT molecular complexity index is 876. The molecule has 0 N–H and O–H groups in total. The van der Waals surface area contributed by atoms with Gasteiger partial charge in [0, 0.05) is 37.5 Å². The van der Waals surface area contributed by atoms with Crippen molar-refractivity contribution < 1.29 is 13.3 Å². The van der Waals surface area contributed by atoms with Gasteiger partial charge in [0.1, 0.15) is 0 Å². The maximum Gasteiger partial charge on any atom is 0.247 e. The van der Waals surface area contributed by atoms with Crippen molar-refractivity contribution in [3.63, 3.8) is 0 Å². The van der Waals surface area contributed by atoms with E-state index in [1.807, 2.05) is 32.0 Å². The lowest BCUT2D eigenvalue weighted by Gasteiger charge is -2.03. The maximum absolute atomic E-state index is 5.51. The molecule has 0 aliphatic carbocycles. The van der Waals surface area contributed by atoms with Gasteiger partial charge in [-0.15, -0.1) is 30.6 Å². The van der Waals surface area contributed by atoms with E-state index in [1.165, 1.54) is 0 Å². The summed E-state index contributed by atoms with van der Waals surface area (Å²) in [5, 5.41) is 23.7. The van der Waals surface area contributed by atoms with Crippen LogP contribution >= 0.6 is 0 Å². The highest BCUT2D eigenvalue weighted by atomic mass is 16.4. The fourth-order valence-corrected chi connectivity index (χ4v) is 2.24. The van der Waals surface area contributed by atoms with Crippen molar-refractivity contribution in [2.45, 2.75) is 34.6 Å². The highest BCUT2D eigenvalue weighted by Gasteiger charge is 2.16. The summed E-state index contributed by atoms with van der Waals surface area (Å²) in [4.78, 5) is 0. The molecule has 0 radical (unpaired) electrons. The standard InChI is InChI=1S/C15H12N6O3.C2H6/c1-7-16-19-13(22-7)10-4-11(14-20-17-8(2)23-14)6-12(5-10)15-21-18-9(3)24-15;1-2/h4-6H,1-3H3;1-2H3. The number of benzene rings is 1. The number of aromatic nitrogens is 6. The van der Waals surface area contributed by atoms with Gasteiger partial charge in [-0.3, -0.25) is 0 Å². The van der Waals surface area contributed by atoms with Gasteiger partial charge in [-0.05, 0) is 18.2 Å². The summed E-state index contributed by atoms with van der Waals surface area (Å²) in [6.45, 7) is 9.18. The van der Waals surface area contributed by atoms with Crippen molar-refractivity contribution in [2.75, 3.05) is 0 Å². The van der Waals surface area contributed by atoms with Crippen LogP contribution in [0, 0.1) is 20.8 Å². The summed E-state index contributed by atoms with van der Waals surface area (Å²) in [5.74, 6) is 2.55. The predicted molar refractivity (Wildman–Crippen MR) is 91.9 cm³/mol. The van der Waals surface area contributed by atoms with Crippen LogP contribution in [-0.4, -0.2) is 30.6 Å². The Balaban J connectivity index is 0.000000948. The molecule has 0 saturated carbocycles. The second-order valence-electron chi connectivity index (χ2n) is 5.18. The third-order valence-corrected chi connectivity index (χ3v) is 3.25. The van der Waals surface area contributed by atoms with Gasteiger partial charge in [0.25, 0.3) is 0 Å². The van der Waals surface area contributed by atoms with Gasteiger partial charge in [0.15, 0.2) is 0 Å². The van der Waals surface area contributed by atoms with E-state index in [0.717, 1.165) is 0 Å². The Labute approximate surface area is 149 Å². The van der Waals surface area contributed by atoms with Gasteiger partial charge in [-0.25, -0.2) is 0 Å². The summed E-state index contributed by atoms with van der Waals surface area (Å²) in [7, 11) is 0. The Kier molecular flexibility index (Phi) is 4.87. The lowest BCUT2D eigenvalue weighted by Crippen LogP contribution is -1.87. The van der Waals surface area contributed by atoms with Gasteiger partial charge >= 0.3 is 0 Å². The molecule has 1 aromatic carbocycles. The average Bonchev–Trinajstić information content (AvgIpc) is 3.38. The lowest BCUT2D eigenvalue weighted by molar-refractivity contribution is 0.530. The Morgan fingerprint density at radius 2 is 0.769 bits per heavy atom. The van der Waals surface area contributed by atoms with Crippen LogP contribution in [0.25, 0.3) is 34.4 Å². The first-order valence-corrected chi connectivity index (χ1v) is 8.15. The molecule has 0 bridgehead atoms. The number of hydrogen-bond acceptors (Lipinski definition) is 9. The molecule has 26 heavy (non-hydrogen) atoms. The summed E-state index contributed by atoms with van der Waals surface area (Å²) in [5.41, 5.74) is 2.07. The molecular formula is C17H18N6O3. The molecule has 0 aliphatic rings. The number of aryl methyl sites for hydroxylation is 3. The third kappa shape index (κ3) is 3.51. The molecule has 9 nitrogen and oxygen atoms in total. The van der Waals surface area contributed by atoms with E-state index < -0.39 is 0 Å². The smallest absolute Gasteiger partial charge is 0.247 e. The average molecular weight is 354 g/mol. The summed E-state index contributed by atoms with van der Waals surface area (Å²) in [6.07, 6.45) is 0. The fourth-order valence-electron chi connectivity index (χ4n) is 2.24. The first-order chi connectivity index (χ1) is 12.6. The quantitative estimate of drug-likeness (QED) is 0.541. The second-order valence-corrected chi connectivity index (χ2v) is 5.18. The normalized spacial score (nSPS) is 10.5. The fraction of sp³-hybridized carbons (Fsp3) is 0.294. The number of hydrogen-bond donors (Lipinski definition) is 0. The van der Waals surface area contributed by atoms with Gasteiger partial charge in [-0.2, -0.15) is 0 Å². The summed E-state index contributed by atoms with van der Waals surface area (Å²) >= 11 is 0. The molecule has 0 spiro atoms. The highest BCUT2D eigenvalue weighted by molar-refractivity contribution is 5.73. The Morgan fingerprint density at radius 1 is 0.500 bits per heavy atom. The van der Waals surface area contributed by atoms with Gasteiger partial charge < -0.3 is 13.3 Å². The number of nitrogens with zero attached hydrogens (tertiary/aromatic N) is 6. The molecule has 134 valence electrons. The SMILES string of the molecule is CC.Cc1nnc(-c2cc(-c3nnc(C)o3)cc(-c3nnc(C)o3)c2)o1. The predicted octanol–water partition coefficient (Wildman–Crippen LogP) is 3.79. The molecule has 0 saturated heterocycles. The molecule has 3 heterocycles. The molecule has 0 atom stereocenters. The largest absolute Gasteiger partial charge is 0.421 e. The minimum Gasteiger partial charge on any atom is -0.421 e. The van der Waals surface area contributed by atoms with E-state index in [-0.39, 0.29) is 0 Å². The molecule has 0 amide bonds. The van der Waals surface area contributed by atoms with Crippen LogP contribution in [0.1, 0.15) is 31.5 Å². The first-order valence-electron chi connectivity index (χ1n) is 8.15. The summed E-state index contributed by atoms with van der Waals surface area (Å²) < 4.78 is 16.5. The molecule has 0 fully saturated rings. The Morgan fingerprint density at radius 3 is 0.962 bits per heavy atom. The van der Waals surface area contributed by atoms with Gasteiger partial charge in [-0.1, -0.05) is 13.8 Å². The summed E-state index contributed by atoms with van der Waals surface area (Å²) in [6, 6.07) is 5.48. The minimum atomic E-state index is 0.378. The molecule has 3 aromatic heterocycles. The van der Waals surface area contributed by atoms with Crippen LogP contribution in [0.15, 0.2) is 31.5 Å². The van der Waals surface area contributed by atoms with Crippen molar-refractivity contribution in [2.24, 2.45) is 0 Å². The minimum absolute atomic E-state index is 0.378. The molecule has 0 aliphatic heterocycles. The Hall–Kier alpha value is -3.36. The molecule has 4 rings (SSSR count).